The van der Waals surface area contributed by atoms with Gasteiger partial charge in [0.15, 0.2) is 5.17 Å². The molecule has 1 aromatic rings. The molecular weight excluding hydrogens is 232 g/mol. The molecule has 92 valence electrons. The minimum Gasteiger partial charge on any atom is -0.359 e. The SMILES string of the molecule is Cc1cnc(CNC2=NCC(C(C)C)S2)cn1. The molecule has 0 fully saturated rings. The largest absolute Gasteiger partial charge is 0.359 e. The Balaban J connectivity index is 1.82. The summed E-state index contributed by atoms with van der Waals surface area (Å²) < 4.78 is 0. The molecule has 0 spiro atoms. The third kappa shape index (κ3) is 3.43. The maximum atomic E-state index is 4.49. The topological polar surface area (TPSA) is 50.2 Å². The first kappa shape index (κ1) is 12.4. The summed E-state index contributed by atoms with van der Waals surface area (Å²) in [7, 11) is 0. The van der Waals surface area contributed by atoms with Gasteiger partial charge in [-0.2, -0.15) is 0 Å². The summed E-state index contributed by atoms with van der Waals surface area (Å²) in [4.78, 5) is 13.0. The van der Waals surface area contributed by atoms with Gasteiger partial charge in [0, 0.05) is 11.4 Å². The summed E-state index contributed by atoms with van der Waals surface area (Å²) in [6.07, 6.45) is 3.60. The van der Waals surface area contributed by atoms with Gasteiger partial charge in [-0.15, -0.1) is 0 Å². The minimum atomic E-state index is 0.613. The van der Waals surface area contributed by atoms with Crippen molar-refractivity contribution >= 4 is 16.9 Å². The molecule has 2 heterocycles. The van der Waals surface area contributed by atoms with Gasteiger partial charge in [-0.25, -0.2) is 0 Å². The molecule has 0 saturated carbocycles. The lowest BCUT2D eigenvalue weighted by atomic mass is 10.1. The van der Waals surface area contributed by atoms with E-state index in [1.54, 1.807) is 6.20 Å². The Bertz CT molecular complexity index is 399. The molecule has 1 atom stereocenters. The highest BCUT2D eigenvalue weighted by Gasteiger charge is 2.22. The van der Waals surface area contributed by atoms with E-state index < -0.39 is 0 Å². The van der Waals surface area contributed by atoms with Crippen LogP contribution in [-0.4, -0.2) is 26.9 Å². The summed E-state index contributed by atoms with van der Waals surface area (Å²) in [6.45, 7) is 8.03. The number of hydrogen-bond acceptors (Lipinski definition) is 5. The van der Waals surface area contributed by atoms with Crippen molar-refractivity contribution in [3.8, 4) is 0 Å². The summed E-state index contributed by atoms with van der Waals surface area (Å²) in [5, 5.41) is 4.96. The second kappa shape index (κ2) is 5.49. The van der Waals surface area contributed by atoms with Gasteiger partial charge in [-0.1, -0.05) is 25.6 Å². The van der Waals surface area contributed by atoms with Gasteiger partial charge in [-0.3, -0.25) is 15.0 Å². The molecule has 1 aliphatic rings. The monoisotopic (exact) mass is 250 g/mol. The van der Waals surface area contributed by atoms with E-state index in [0.717, 1.165) is 23.1 Å². The molecule has 2 rings (SSSR count). The molecule has 0 aliphatic carbocycles. The van der Waals surface area contributed by atoms with Crippen molar-refractivity contribution in [3.63, 3.8) is 0 Å². The Morgan fingerprint density at radius 1 is 1.41 bits per heavy atom. The number of nitrogens with one attached hydrogen (secondary N) is 1. The first-order valence-electron chi connectivity index (χ1n) is 5.87. The maximum absolute atomic E-state index is 4.49. The number of aryl methyl sites for hydroxylation is 1. The van der Waals surface area contributed by atoms with Crippen LogP contribution in [0.5, 0.6) is 0 Å². The van der Waals surface area contributed by atoms with Crippen LogP contribution >= 0.6 is 11.8 Å². The number of amidine groups is 1. The van der Waals surface area contributed by atoms with Crippen molar-refractivity contribution < 1.29 is 0 Å². The molecule has 17 heavy (non-hydrogen) atoms. The summed E-state index contributed by atoms with van der Waals surface area (Å²) in [6, 6.07) is 0. The normalized spacial score (nSPS) is 19.5. The number of rotatable bonds is 3. The maximum Gasteiger partial charge on any atom is 0.157 e. The van der Waals surface area contributed by atoms with E-state index in [4.69, 9.17) is 0 Å². The molecule has 0 saturated heterocycles. The fraction of sp³-hybridized carbons (Fsp3) is 0.583. The average Bonchev–Trinajstić information content (AvgIpc) is 2.77. The molecule has 0 amide bonds. The Morgan fingerprint density at radius 2 is 2.24 bits per heavy atom. The Kier molecular flexibility index (Phi) is 3.99. The van der Waals surface area contributed by atoms with E-state index in [1.165, 1.54) is 0 Å². The molecule has 1 aromatic heterocycles. The highest BCUT2D eigenvalue weighted by molar-refractivity contribution is 8.14. The number of nitrogens with zero attached hydrogens (tertiary/aromatic N) is 3. The van der Waals surface area contributed by atoms with Crippen molar-refractivity contribution in [1.82, 2.24) is 15.3 Å². The predicted molar refractivity (Wildman–Crippen MR) is 72.1 cm³/mol. The highest BCUT2D eigenvalue weighted by Crippen LogP contribution is 2.25. The zero-order valence-electron chi connectivity index (χ0n) is 10.5. The number of aliphatic imine (C=N–C) groups is 1. The second-order valence-electron chi connectivity index (χ2n) is 4.55. The summed E-state index contributed by atoms with van der Waals surface area (Å²) >= 11 is 1.83. The first-order chi connectivity index (χ1) is 8.15. The van der Waals surface area contributed by atoms with E-state index in [1.807, 2.05) is 24.9 Å². The van der Waals surface area contributed by atoms with Gasteiger partial charge in [0.1, 0.15) is 0 Å². The fourth-order valence-corrected chi connectivity index (χ4v) is 2.52. The average molecular weight is 250 g/mol. The zero-order chi connectivity index (χ0) is 12.3. The van der Waals surface area contributed by atoms with Crippen molar-refractivity contribution in [1.29, 1.82) is 0 Å². The van der Waals surface area contributed by atoms with Crippen LogP contribution in [0.2, 0.25) is 0 Å². The minimum absolute atomic E-state index is 0.613. The standard InChI is InChI=1S/C12H18N4S/c1-8(2)11-7-16-12(17-11)15-6-10-5-13-9(3)4-14-10/h4-5,8,11H,6-7H2,1-3H3,(H,15,16). The quantitative estimate of drug-likeness (QED) is 0.891. The lowest BCUT2D eigenvalue weighted by Gasteiger charge is -2.12. The van der Waals surface area contributed by atoms with Crippen LogP contribution in [0, 0.1) is 12.8 Å². The molecule has 0 bridgehead atoms. The molecule has 5 heteroatoms. The number of thioether (sulfide) groups is 1. The number of hydrogen-bond donors (Lipinski definition) is 1. The van der Waals surface area contributed by atoms with Gasteiger partial charge in [0.05, 0.1) is 30.7 Å². The van der Waals surface area contributed by atoms with Crippen LogP contribution < -0.4 is 5.32 Å². The lowest BCUT2D eigenvalue weighted by molar-refractivity contribution is 0.621. The smallest absolute Gasteiger partial charge is 0.157 e. The van der Waals surface area contributed by atoms with Crippen LogP contribution in [0.25, 0.3) is 0 Å². The van der Waals surface area contributed by atoms with Gasteiger partial charge in [0.25, 0.3) is 0 Å². The van der Waals surface area contributed by atoms with Crippen molar-refractivity contribution in [2.75, 3.05) is 6.54 Å². The van der Waals surface area contributed by atoms with Crippen LogP contribution in [0.3, 0.4) is 0 Å². The van der Waals surface area contributed by atoms with Crippen molar-refractivity contribution in [2.45, 2.75) is 32.6 Å². The second-order valence-corrected chi connectivity index (χ2v) is 5.78. The van der Waals surface area contributed by atoms with Crippen LogP contribution in [0.15, 0.2) is 17.4 Å². The van der Waals surface area contributed by atoms with E-state index >= 15 is 0 Å². The zero-order valence-corrected chi connectivity index (χ0v) is 11.3. The van der Waals surface area contributed by atoms with Gasteiger partial charge in [-0.05, 0) is 12.8 Å². The van der Waals surface area contributed by atoms with Crippen LogP contribution in [0.1, 0.15) is 25.2 Å². The number of aromatic nitrogens is 2. The predicted octanol–water partition coefficient (Wildman–Crippen LogP) is 2.00. The van der Waals surface area contributed by atoms with E-state index in [-0.39, 0.29) is 0 Å². The molecule has 1 N–H and O–H groups in total. The third-order valence-electron chi connectivity index (χ3n) is 2.68. The fourth-order valence-electron chi connectivity index (χ4n) is 1.51. The van der Waals surface area contributed by atoms with Gasteiger partial charge in [0.2, 0.25) is 0 Å². The van der Waals surface area contributed by atoms with Crippen LogP contribution in [-0.2, 0) is 6.54 Å². The lowest BCUT2D eigenvalue weighted by Crippen LogP contribution is -2.20. The Hall–Kier alpha value is -1.10. The first-order valence-corrected chi connectivity index (χ1v) is 6.75. The third-order valence-corrected chi connectivity index (χ3v) is 4.17. The molecule has 1 aliphatic heterocycles. The van der Waals surface area contributed by atoms with Crippen molar-refractivity contribution in [3.05, 3.63) is 23.8 Å². The van der Waals surface area contributed by atoms with E-state index in [9.17, 15) is 0 Å². The van der Waals surface area contributed by atoms with Gasteiger partial charge < -0.3 is 5.32 Å². The molecule has 0 aromatic carbocycles. The van der Waals surface area contributed by atoms with Crippen LogP contribution in [0.4, 0.5) is 0 Å². The molecule has 0 radical (unpaired) electrons. The van der Waals surface area contributed by atoms with Crippen molar-refractivity contribution in [2.24, 2.45) is 10.9 Å². The molecular formula is C12H18N4S. The highest BCUT2D eigenvalue weighted by atomic mass is 32.2. The van der Waals surface area contributed by atoms with Gasteiger partial charge >= 0.3 is 0 Å². The molecule has 4 nitrogen and oxygen atoms in total. The van der Waals surface area contributed by atoms with E-state index in [2.05, 4.69) is 34.1 Å². The Labute approximate surface area is 106 Å². The Morgan fingerprint density at radius 3 is 2.82 bits per heavy atom. The summed E-state index contributed by atoms with van der Waals surface area (Å²) in [5.41, 5.74) is 1.90. The molecule has 1 unspecified atom stereocenters. The van der Waals surface area contributed by atoms with E-state index in [0.29, 0.717) is 17.7 Å². The summed E-state index contributed by atoms with van der Waals surface area (Å²) in [5.74, 6) is 0.669.